The number of nitrogens with zero attached hydrogens (tertiary/aromatic N) is 1. The largest absolute Gasteiger partial charge is 0.460 e. The number of aliphatic hydroxyl groups excluding tert-OH is 1. The molecule has 6 nitrogen and oxygen atoms in total. The first-order chi connectivity index (χ1) is 11.2. The molecule has 3 fully saturated rings. The first-order valence-electron chi connectivity index (χ1n) is 9.12. The maximum atomic E-state index is 12.5. The van der Waals surface area contributed by atoms with E-state index in [1.807, 2.05) is 0 Å². The lowest BCUT2D eigenvalue weighted by Gasteiger charge is -2.38. The maximum absolute atomic E-state index is 12.5. The van der Waals surface area contributed by atoms with Crippen LogP contribution in [0.2, 0.25) is 0 Å². The number of nitrogens with one attached hydrogen (secondary N) is 1. The molecule has 1 heterocycles. The van der Waals surface area contributed by atoms with E-state index in [0.717, 1.165) is 32.1 Å². The number of fused-ring (bicyclic) bond motifs is 3. The Bertz CT molecular complexity index is 674. The molecule has 0 amide bonds. The van der Waals surface area contributed by atoms with Crippen LogP contribution in [-0.2, 0) is 14.8 Å². The second-order valence-corrected chi connectivity index (χ2v) is 10.6. The average molecular weight is 356 g/mol. The number of amidine groups is 1. The number of rotatable bonds is 1. The van der Waals surface area contributed by atoms with E-state index in [0.29, 0.717) is 6.42 Å². The molecule has 0 radical (unpaired) electrons. The molecule has 136 valence electrons. The standard InChI is InChI=1S/C17H28N2O4S/c1-16(2)10-8-9-17(16,3)14(20)13(10)18-15-19-24(21,22)12-7-5-4-6-11(12)23-15/h10-14,20H,4-9H2,1-3H3,(H,18,19)/t10-,11?,12?,13-,14-,17+/m1/s1. The molecule has 4 aliphatic rings. The second kappa shape index (κ2) is 5.10. The molecule has 3 aliphatic carbocycles. The Morgan fingerprint density at radius 1 is 1.21 bits per heavy atom. The van der Waals surface area contributed by atoms with Gasteiger partial charge in [-0.05, 0) is 43.4 Å². The number of hydrogen-bond donors (Lipinski definition) is 2. The van der Waals surface area contributed by atoms with Crippen LogP contribution < -0.4 is 5.32 Å². The third-order valence-electron chi connectivity index (χ3n) is 7.59. The minimum absolute atomic E-state index is 0.00551. The highest BCUT2D eigenvalue weighted by atomic mass is 32.2. The lowest BCUT2D eigenvalue weighted by atomic mass is 9.70. The van der Waals surface area contributed by atoms with Crippen molar-refractivity contribution < 1.29 is 18.3 Å². The second-order valence-electron chi connectivity index (χ2n) is 8.79. The molecular formula is C17H28N2O4S. The van der Waals surface area contributed by atoms with Gasteiger partial charge in [-0.2, -0.15) is 0 Å². The summed E-state index contributed by atoms with van der Waals surface area (Å²) in [5.41, 5.74) is -0.150. The molecule has 2 unspecified atom stereocenters. The number of sulfonamides is 1. The van der Waals surface area contributed by atoms with Crippen LogP contribution in [-0.4, -0.2) is 43.0 Å². The van der Waals surface area contributed by atoms with Gasteiger partial charge in [0.15, 0.2) is 0 Å². The molecule has 0 spiro atoms. The van der Waals surface area contributed by atoms with Crippen molar-refractivity contribution in [1.82, 2.24) is 5.32 Å². The normalized spacial score (nSPS) is 48.3. The molecule has 0 aromatic carbocycles. The van der Waals surface area contributed by atoms with Crippen molar-refractivity contribution in [3.63, 3.8) is 0 Å². The van der Waals surface area contributed by atoms with Crippen molar-refractivity contribution in [2.45, 2.75) is 82.8 Å². The van der Waals surface area contributed by atoms with Crippen LogP contribution >= 0.6 is 0 Å². The monoisotopic (exact) mass is 356 g/mol. The van der Waals surface area contributed by atoms with Crippen LogP contribution in [0.25, 0.3) is 0 Å². The van der Waals surface area contributed by atoms with E-state index < -0.39 is 21.4 Å². The maximum Gasteiger partial charge on any atom is 0.301 e. The molecule has 3 saturated carbocycles. The van der Waals surface area contributed by atoms with Crippen molar-refractivity contribution in [2.75, 3.05) is 0 Å². The quantitative estimate of drug-likeness (QED) is 0.748. The lowest BCUT2D eigenvalue weighted by Crippen LogP contribution is -2.53. The summed E-state index contributed by atoms with van der Waals surface area (Å²) in [5, 5.41) is 13.5. The SMILES string of the molecule is CC1(C)[C@@H]2CC[C@@]1(C)[C@H](O)[C@@H]2NC1=NS(=O)(=O)C2CCCCC2O1. The van der Waals surface area contributed by atoms with Gasteiger partial charge in [-0.3, -0.25) is 0 Å². The Morgan fingerprint density at radius 2 is 1.92 bits per heavy atom. The third-order valence-corrected chi connectivity index (χ3v) is 9.31. The molecule has 6 atom stereocenters. The molecule has 24 heavy (non-hydrogen) atoms. The predicted molar refractivity (Wildman–Crippen MR) is 91.0 cm³/mol. The van der Waals surface area contributed by atoms with Crippen LogP contribution in [0.1, 0.15) is 59.3 Å². The van der Waals surface area contributed by atoms with Crippen LogP contribution in [0.4, 0.5) is 0 Å². The Labute approximate surface area is 144 Å². The molecular weight excluding hydrogens is 328 g/mol. The van der Waals surface area contributed by atoms with Crippen molar-refractivity contribution in [2.24, 2.45) is 21.1 Å². The summed E-state index contributed by atoms with van der Waals surface area (Å²) in [6, 6.07) is -0.109. The summed E-state index contributed by atoms with van der Waals surface area (Å²) in [6.45, 7) is 6.54. The summed E-state index contributed by atoms with van der Waals surface area (Å²) in [7, 11) is -3.53. The highest BCUT2D eigenvalue weighted by Crippen LogP contribution is 2.65. The van der Waals surface area contributed by atoms with Crippen molar-refractivity contribution in [3.05, 3.63) is 0 Å². The van der Waals surface area contributed by atoms with Gasteiger partial charge in [0.05, 0.1) is 12.1 Å². The van der Waals surface area contributed by atoms with Crippen molar-refractivity contribution in [3.8, 4) is 0 Å². The van der Waals surface area contributed by atoms with Crippen molar-refractivity contribution in [1.29, 1.82) is 0 Å². The Morgan fingerprint density at radius 3 is 2.58 bits per heavy atom. The molecule has 4 rings (SSSR count). The van der Waals surface area contributed by atoms with Gasteiger partial charge in [0, 0.05) is 5.41 Å². The lowest BCUT2D eigenvalue weighted by molar-refractivity contribution is 0.00117. The zero-order valence-corrected chi connectivity index (χ0v) is 15.5. The first-order valence-corrected chi connectivity index (χ1v) is 10.6. The van der Waals surface area contributed by atoms with E-state index in [1.54, 1.807) is 0 Å². The average Bonchev–Trinajstić information content (AvgIpc) is 2.81. The molecule has 7 heteroatoms. The van der Waals surface area contributed by atoms with Gasteiger partial charge in [-0.15, -0.1) is 4.40 Å². The van der Waals surface area contributed by atoms with Gasteiger partial charge in [-0.1, -0.05) is 27.2 Å². The van der Waals surface area contributed by atoms with Crippen molar-refractivity contribution >= 4 is 16.0 Å². The summed E-state index contributed by atoms with van der Waals surface area (Å²) in [6.07, 6.45) is 4.49. The van der Waals surface area contributed by atoms with Gasteiger partial charge < -0.3 is 15.2 Å². The smallest absolute Gasteiger partial charge is 0.301 e. The van der Waals surface area contributed by atoms with E-state index >= 15 is 0 Å². The number of ether oxygens (including phenoxy) is 1. The van der Waals surface area contributed by atoms with E-state index in [9.17, 15) is 13.5 Å². The predicted octanol–water partition coefficient (Wildman–Crippen LogP) is 1.79. The summed E-state index contributed by atoms with van der Waals surface area (Å²) in [4.78, 5) is 0. The first kappa shape index (κ1) is 16.6. The Hall–Kier alpha value is -0.820. The third kappa shape index (κ3) is 2.09. The summed E-state index contributed by atoms with van der Waals surface area (Å²) in [5.74, 6) is 0.288. The van der Waals surface area contributed by atoms with Gasteiger partial charge in [0.1, 0.15) is 11.4 Å². The molecule has 1 aliphatic heterocycles. The fraction of sp³-hybridized carbons (Fsp3) is 0.941. The van der Waals surface area contributed by atoms with Gasteiger partial charge >= 0.3 is 6.02 Å². The highest BCUT2D eigenvalue weighted by Gasteiger charge is 2.66. The minimum Gasteiger partial charge on any atom is -0.460 e. The number of hydrogen-bond acceptors (Lipinski definition) is 5. The fourth-order valence-electron chi connectivity index (χ4n) is 5.60. The zero-order chi connectivity index (χ0) is 17.3. The Balaban J connectivity index is 1.59. The van der Waals surface area contributed by atoms with Crippen LogP contribution in [0, 0.1) is 16.7 Å². The van der Waals surface area contributed by atoms with Gasteiger partial charge in [-0.25, -0.2) is 8.42 Å². The minimum atomic E-state index is -3.53. The van der Waals surface area contributed by atoms with E-state index in [1.165, 1.54) is 0 Å². The molecule has 0 aromatic heterocycles. The number of aliphatic hydroxyl groups is 1. The van der Waals surface area contributed by atoms with E-state index in [-0.39, 0.29) is 34.9 Å². The van der Waals surface area contributed by atoms with Gasteiger partial charge in [0.2, 0.25) is 0 Å². The van der Waals surface area contributed by atoms with E-state index in [2.05, 4.69) is 30.5 Å². The molecule has 0 aromatic rings. The summed E-state index contributed by atoms with van der Waals surface area (Å²) < 4.78 is 34.7. The van der Waals surface area contributed by atoms with Crippen LogP contribution in [0.3, 0.4) is 0 Å². The van der Waals surface area contributed by atoms with E-state index in [4.69, 9.17) is 4.74 Å². The van der Waals surface area contributed by atoms with Gasteiger partial charge in [0.25, 0.3) is 10.0 Å². The van der Waals surface area contributed by atoms with Crippen LogP contribution in [0.5, 0.6) is 0 Å². The highest BCUT2D eigenvalue weighted by molar-refractivity contribution is 7.91. The Kier molecular flexibility index (Phi) is 3.53. The van der Waals surface area contributed by atoms with Crippen LogP contribution in [0.15, 0.2) is 4.40 Å². The molecule has 2 bridgehead atoms. The zero-order valence-electron chi connectivity index (χ0n) is 14.7. The molecule has 0 saturated heterocycles. The topological polar surface area (TPSA) is 88.0 Å². The molecule has 2 N–H and O–H groups in total. The summed E-state index contributed by atoms with van der Waals surface area (Å²) >= 11 is 0. The fourth-order valence-corrected chi connectivity index (χ4v) is 7.11.